The first-order chi connectivity index (χ1) is 14.9. The van der Waals surface area contributed by atoms with Crippen molar-refractivity contribution >= 4 is 29.6 Å². The van der Waals surface area contributed by atoms with Crippen molar-refractivity contribution in [3.8, 4) is 5.69 Å². The van der Waals surface area contributed by atoms with Gasteiger partial charge in [-0.1, -0.05) is 43.3 Å². The maximum absolute atomic E-state index is 13.1. The van der Waals surface area contributed by atoms with Crippen molar-refractivity contribution in [1.29, 1.82) is 0 Å². The number of nitrogens with one attached hydrogen (secondary N) is 1. The molecule has 1 aliphatic rings. The molecule has 1 saturated heterocycles. The van der Waals surface area contributed by atoms with Crippen LogP contribution in [0, 0.1) is 13.8 Å². The Hall–Kier alpha value is -3.93. The number of nitrogens with zero attached hydrogens (tertiary/aromatic N) is 2. The van der Waals surface area contributed by atoms with Gasteiger partial charge in [-0.3, -0.25) is 14.9 Å². The van der Waals surface area contributed by atoms with Gasteiger partial charge in [0.05, 0.1) is 5.69 Å². The number of barbiturate groups is 1. The van der Waals surface area contributed by atoms with Gasteiger partial charge in [0.25, 0.3) is 11.8 Å². The zero-order valence-electron chi connectivity index (χ0n) is 17.7. The van der Waals surface area contributed by atoms with Crippen LogP contribution in [0.5, 0.6) is 0 Å². The topological polar surface area (TPSA) is 71.4 Å². The molecule has 0 unspecified atom stereocenters. The maximum atomic E-state index is 13.1. The standard InChI is InChI=1S/C25H23N3O3/c1-4-18-10-8-9-13-22(18)27-16(2)14-19(17(27)3)15-21-23(29)26-25(31)28(24(21)30)20-11-6-5-7-12-20/h5-15H,4H2,1-3H3,(H,26,29,31)/b21-15+. The Balaban J connectivity index is 1.79. The Labute approximate surface area is 180 Å². The molecule has 4 rings (SSSR count). The van der Waals surface area contributed by atoms with E-state index in [0.29, 0.717) is 5.69 Å². The van der Waals surface area contributed by atoms with E-state index in [4.69, 9.17) is 0 Å². The van der Waals surface area contributed by atoms with Crippen molar-refractivity contribution in [2.24, 2.45) is 0 Å². The number of amides is 4. The summed E-state index contributed by atoms with van der Waals surface area (Å²) >= 11 is 0. The minimum atomic E-state index is -0.749. The van der Waals surface area contributed by atoms with Crippen LogP contribution < -0.4 is 10.2 Å². The molecule has 6 nitrogen and oxygen atoms in total. The number of carbonyl (C=O) groups is 3. The zero-order chi connectivity index (χ0) is 22.1. The Morgan fingerprint density at radius 1 is 0.935 bits per heavy atom. The number of rotatable bonds is 4. The lowest BCUT2D eigenvalue weighted by Crippen LogP contribution is -2.54. The Morgan fingerprint density at radius 2 is 1.61 bits per heavy atom. The molecule has 0 spiro atoms. The summed E-state index contributed by atoms with van der Waals surface area (Å²) in [5.74, 6) is -1.33. The number of aryl methyl sites for hydroxylation is 2. The normalized spacial score (nSPS) is 15.5. The molecular weight excluding hydrogens is 390 g/mol. The minimum absolute atomic E-state index is 0.0764. The average molecular weight is 413 g/mol. The van der Waals surface area contributed by atoms with E-state index in [-0.39, 0.29) is 5.57 Å². The number of para-hydroxylation sites is 2. The summed E-state index contributed by atoms with van der Waals surface area (Å²) in [5, 5.41) is 2.27. The molecule has 2 heterocycles. The van der Waals surface area contributed by atoms with Gasteiger partial charge in [0.15, 0.2) is 0 Å². The fourth-order valence-electron chi connectivity index (χ4n) is 3.96. The number of urea groups is 1. The summed E-state index contributed by atoms with van der Waals surface area (Å²) < 4.78 is 2.12. The predicted octanol–water partition coefficient (Wildman–Crippen LogP) is 4.32. The molecule has 0 radical (unpaired) electrons. The van der Waals surface area contributed by atoms with Crippen molar-refractivity contribution < 1.29 is 14.4 Å². The van der Waals surface area contributed by atoms with Gasteiger partial charge >= 0.3 is 6.03 Å². The molecular formula is C25H23N3O3. The Kier molecular flexibility index (Phi) is 5.29. The second-order valence-corrected chi connectivity index (χ2v) is 7.44. The summed E-state index contributed by atoms with van der Waals surface area (Å²) in [5.41, 5.74) is 5.27. The highest BCUT2D eigenvalue weighted by Gasteiger charge is 2.36. The lowest BCUT2D eigenvalue weighted by Gasteiger charge is -2.26. The van der Waals surface area contributed by atoms with E-state index in [9.17, 15) is 14.4 Å². The molecule has 0 saturated carbocycles. The number of anilines is 1. The molecule has 0 aliphatic carbocycles. The molecule has 31 heavy (non-hydrogen) atoms. The van der Waals surface area contributed by atoms with Gasteiger partial charge in [-0.15, -0.1) is 0 Å². The van der Waals surface area contributed by atoms with Crippen molar-refractivity contribution in [1.82, 2.24) is 9.88 Å². The molecule has 1 aromatic heterocycles. The number of hydrogen-bond acceptors (Lipinski definition) is 3. The van der Waals surface area contributed by atoms with Crippen LogP contribution in [-0.2, 0) is 16.0 Å². The molecule has 0 atom stereocenters. The van der Waals surface area contributed by atoms with Crippen LogP contribution in [0.25, 0.3) is 11.8 Å². The third-order valence-corrected chi connectivity index (χ3v) is 5.50. The second kappa shape index (κ2) is 8.07. The van der Waals surface area contributed by atoms with Crippen LogP contribution in [-0.4, -0.2) is 22.4 Å². The van der Waals surface area contributed by atoms with E-state index in [1.807, 2.05) is 32.0 Å². The van der Waals surface area contributed by atoms with Gasteiger partial charge in [-0.2, -0.15) is 0 Å². The van der Waals surface area contributed by atoms with Gasteiger partial charge in [-0.25, -0.2) is 9.69 Å². The lowest BCUT2D eigenvalue weighted by molar-refractivity contribution is -0.122. The van der Waals surface area contributed by atoms with Crippen LogP contribution in [0.3, 0.4) is 0 Å². The first-order valence-corrected chi connectivity index (χ1v) is 10.2. The first-order valence-electron chi connectivity index (χ1n) is 10.2. The second-order valence-electron chi connectivity index (χ2n) is 7.44. The van der Waals surface area contributed by atoms with E-state index in [1.54, 1.807) is 36.4 Å². The summed E-state index contributed by atoms with van der Waals surface area (Å²) in [6.07, 6.45) is 2.45. The largest absolute Gasteiger partial charge is 0.335 e. The lowest BCUT2D eigenvalue weighted by atomic mass is 10.1. The summed E-state index contributed by atoms with van der Waals surface area (Å²) in [7, 11) is 0. The van der Waals surface area contributed by atoms with Crippen LogP contribution >= 0.6 is 0 Å². The molecule has 2 aromatic carbocycles. The highest BCUT2D eigenvalue weighted by Crippen LogP contribution is 2.27. The quantitative estimate of drug-likeness (QED) is 0.511. The van der Waals surface area contributed by atoms with E-state index < -0.39 is 17.8 Å². The third kappa shape index (κ3) is 3.57. The van der Waals surface area contributed by atoms with Gasteiger partial charge in [0.1, 0.15) is 5.57 Å². The Morgan fingerprint density at radius 3 is 2.32 bits per heavy atom. The number of imide groups is 2. The van der Waals surface area contributed by atoms with Crippen LogP contribution in [0.15, 0.2) is 66.2 Å². The fourth-order valence-corrected chi connectivity index (χ4v) is 3.96. The SMILES string of the molecule is CCc1ccccc1-n1c(C)cc(/C=C2\C(=O)NC(=O)N(c3ccccc3)C2=O)c1C. The average Bonchev–Trinajstić information content (AvgIpc) is 3.04. The summed E-state index contributed by atoms with van der Waals surface area (Å²) in [6.45, 7) is 6.05. The van der Waals surface area contributed by atoms with Crippen molar-refractivity contribution in [3.05, 3.63) is 88.8 Å². The highest BCUT2D eigenvalue weighted by molar-refractivity contribution is 6.39. The van der Waals surface area contributed by atoms with Crippen LogP contribution in [0.4, 0.5) is 10.5 Å². The van der Waals surface area contributed by atoms with Crippen molar-refractivity contribution in [3.63, 3.8) is 0 Å². The van der Waals surface area contributed by atoms with Crippen LogP contribution in [0.2, 0.25) is 0 Å². The van der Waals surface area contributed by atoms with Gasteiger partial charge in [0.2, 0.25) is 0 Å². The molecule has 6 heteroatoms. The van der Waals surface area contributed by atoms with E-state index in [0.717, 1.165) is 34.0 Å². The Bertz CT molecular complexity index is 1220. The van der Waals surface area contributed by atoms with Crippen LogP contribution in [0.1, 0.15) is 29.4 Å². The highest BCUT2D eigenvalue weighted by atomic mass is 16.2. The number of hydrogen-bond donors (Lipinski definition) is 1. The molecule has 1 fully saturated rings. The fraction of sp³-hybridized carbons (Fsp3) is 0.160. The van der Waals surface area contributed by atoms with E-state index in [1.165, 1.54) is 5.56 Å². The molecule has 1 aliphatic heterocycles. The van der Waals surface area contributed by atoms with E-state index >= 15 is 0 Å². The van der Waals surface area contributed by atoms with Crippen molar-refractivity contribution in [2.45, 2.75) is 27.2 Å². The van der Waals surface area contributed by atoms with Gasteiger partial charge < -0.3 is 4.57 Å². The zero-order valence-corrected chi connectivity index (χ0v) is 17.7. The smallest absolute Gasteiger partial charge is 0.318 e. The number of benzene rings is 2. The first kappa shape index (κ1) is 20.3. The monoisotopic (exact) mass is 413 g/mol. The van der Waals surface area contributed by atoms with Gasteiger partial charge in [-0.05, 0) is 61.7 Å². The molecule has 0 bridgehead atoms. The third-order valence-electron chi connectivity index (χ3n) is 5.50. The molecule has 3 aromatic rings. The number of aromatic nitrogens is 1. The van der Waals surface area contributed by atoms with Crippen molar-refractivity contribution in [2.75, 3.05) is 4.90 Å². The maximum Gasteiger partial charge on any atom is 0.335 e. The molecule has 1 N–H and O–H groups in total. The van der Waals surface area contributed by atoms with Gasteiger partial charge in [0, 0.05) is 17.1 Å². The predicted molar refractivity (Wildman–Crippen MR) is 120 cm³/mol. The molecule has 156 valence electrons. The minimum Gasteiger partial charge on any atom is -0.318 e. The number of carbonyl (C=O) groups excluding carboxylic acids is 3. The molecule has 4 amide bonds. The summed E-state index contributed by atoms with van der Waals surface area (Å²) in [6, 6.07) is 17.9. The van der Waals surface area contributed by atoms with E-state index in [2.05, 4.69) is 28.9 Å². The summed E-state index contributed by atoms with van der Waals surface area (Å²) in [4.78, 5) is 38.9.